The number of pyridine rings is 2. The average molecular weight is 523 g/mol. The van der Waals surface area contributed by atoms with Crippen LogP contribution in [0.4, 0.5) is 0 Å². The molecule has 0 radical (unpaired) electrons. The van der Waals surface area contributed by atoms with Crippen molar-refractivity contribution in [2.45, 2.75) is 52.7 Å². The highest BCUT2D eigenvalue weighted by Crippen LogP contribution is 2.45. The summed E-state index contributed by atoms with van der Waals surface area (Å²) < 4.78 is 12.4. The van der Waals surface area contributed by atoms with E-state index >= 15 is 0 Å². The molecule has 3 aromatic heterocycles. The Hall–Kier alpha value is -3.61. The maximum atomic E-state index is 13.2. The fourth-order valence-corrected chi connectivity index (χ4v) is 6.11. The number of benzene rings is 2. The minimum atomic E-state index is -0.728. The zero-order valence-corrected chi connectivity index (χ0v) is 23.1. The lowest BCUT2D eigenvalue weighted by atomic mass is 9.85. The SMILES string of the molecule is CC(=O)[C@@H](OC(C)(C)C)c1c(C)cc2nc(-c3cccs3)ccc2c1-c1ccc2c3c(ccnc13)CCO2. The number of aromatic nitrogens is 2. The second-order valence-electron chi connectivity index (χ2n) is 10.8. The van der Waals surface area contributed by atoms with Gasteiger partial charge in [0.05, 0.1) is 33.8 Å². The molecule has 0 bridgehead atoms. The van der Waals surface area contributed by atoms with Gasteiger partial charge in [0, 0.05) is 29.0 Å². The van der Waals surface area contributed by atoms with Crippen LogP contribution in [0.1, 0.15) is 50.5 Å². The molecule has 0 aliphatic carbocycles. The molecule has 5 nitrogen and oxygen atoms in total. The number of carbonyl (C=O) groups is 1. The van der Waals surface area contributed by atoms with Crippen molar-refractivity contribution in [3.05, 3.63) is 76.8 Å². The van der Waals surface area contributed by atoms with Crippen LogP contribution >= 0.6 is 11.3 Å². The average Bonchev–Trinajstić information content (AvgIpc) is 3.42. The Labute approximate surface area is 226 Å². The van der Waals surface area contributed by atoms with Crippen molar-refractivity contribution >= 4 is 38.9 Å². The van der Waals surface area contributed by atoms with E-state index in [0.29, 0.717) is 6.61 Å². The molecule has 0 fully saturated rings. The summed E-state index contributed by atoms with van der Waals surface area (Å²) in [7, 11) is 0. The standard InChI is InChI=1S/C32H30N2O3S/c1-18-17-24-21(8-10-23(34-24)26-7-6-16-38-26)29(27(18)31(19(2)35)37-32(3,4)5)22-9-11-25-28-20(13-15-36-25)12-14-33-30(22)28/h6-12,14,16-17,31H,13,15H2,1-5H3/t31-/m1/s1. The lowest BCUT2D eigenvalue weighted by Gasteiger charge is -2.30. The van der Waals surface area contributed by atoms with Gasteiger partial charge in [0.15, 0.2) is 5.78 Å². The van der Waals surface area contributed by atoms with Gasteiger partial charge in [-0.2, -0.15) is 0 Å². The predicted molar refractivity (Wildman–Crippen MR) is 154 cm³/mol. The Morgan fingerprint density at radius 3 is 2.71 bits per heavy atom. The van der Waals surface area contributed by atoms with E-state index < -0.39 is 11.7 Å². The Balaban J connectivity index is 1.71. The van der Waals surface area contributed by atoms with Crippen LogP contribution < -0.4 is 4.74 Å². The van der Waals surface area contributed by atoms with Gasteiger partial charge in [0.1, 0.15) is 11.9 Å². The van der Waals surface area contributed by atoms with Gasteiger partial charge in [0.2, 0.25) is 0 Å². The van der Waals surface area contributed by atoms with Gasteiger partial charge in [-0.15, -0.1) is 11.3 Å². The van der Waals surface area contributed by atoms with Gasteiger partial charge >= 0.3 is 0 Å². The Bertz CT molecular complexity index is 1690. The van der Waals surface area contributed by atoms with E-state index in [-0.39, 0.29) is 5.78 Å². The number of hydrogen-bond acceptors (Lipinski definition) is 6. The molecule has 1 atom stereocenters. The summed E-state index contributed by atoms with van der Waals surface area (Å²) in [6, 6.07) is 16.6. The summed E-state index contributed by atoms with van der Waals surface area (Å²) in [5.74, 6) is 0.814. The first-order valence-electron chi connectivity index (χ1n) is 12.9. The van der Waals surface area contributed by atoms with Gasteiger partial charge in [-0.25, -0.2) is 4.98 Å². The normalized spacial score (nSPS) is 14.0. The van der Waals surface area contributed by atoms with Gasteiger partial charge < -0.3 is 9.47 Å². The molecule has 0 N–H and O–H groups in total. The quantitative estimate of drug-likeness (QED) is 0.235. The number of nitrogens with zero attached hydrogens (tertiary/aromatic N) is 2. The van der Waals surface area contributed by atoms with Gasteiger partial charge in [-0.05, 0) is 105 Å². The number of fused-ring (bicyclic) bond motifs is 1. The molecule has 192 valence electrons. The van der Waals surface area contributed by atoms with E-state index in [1.165, 1.54) is 5.56 Å². The molecule has 1 aliphatic rings. The highest BCUT2D eigenvalue weighted by Gasteiger charge is 2.31. The first-order valence-corrected chi connectivity index (χ1v) is 13.8. The monoisotopic (exact) mass is 522 g/mol. The molecule has 6 rings (SSSR count). The highest BCUT2D eigenvalue weighted by atomic mass is 32.1. The van der Waals surface area contributed by atoms with Crippen LogP contribution in [0.5, 0.6) is 5.75 Å². The molecule has 5 aromatic rings. The molecule has 6 heteroatoms. The minimum absolute atomic E-state index is 0.0363. The smallest absolute Gasteiger partial charge is 0.163 e. The summed E-state index contributed by atoms with van der Waals surface area (Å²) in [6.45, 7) is 10.2. The molecule has 0 amide bonds. The second-order valence-corrected chi connectivity index (χ2v) is 11.8. The summed E-state index contributed by atoms with van der Waals surface area (Å²) in [5, 5.41) is 4.07. The molecule has 38 heavy (non-hydrogen) atoms. The largest absolute Gasteiger partial charge is 0.493 e. The maximum Gasteiger partial charge on any atom is 0.163 e. The predicted octanol–water partition coefficient (Wildman–Crippen LogP) is 7.87. The number of thiophene rings is 1. The van der Waals surface area contributed by atoms with Crippen molar-refractivity contribution in [1.29, 1.82) is 0 Å². The van der Waals surface area contributed by atoms with Crippen LogP contribution in [0.25, 0.3) is 43.5 Å². The van der Waals surface area contributed by atoms with Crippen LogP contribution in [0.3, 0.4) is 0 Å². The Morgan fingerprint density at radius 1 is 1.13 bits per heavy atom. The van der Waals surface area contributed by atoms with Gasteiger partial charge in [0.25, 0.3) is 0 Å². The van der Waals surface area contributed by atoms with Crippen LogP contribution in [0.2, 0.25) is 0 Å². The molecular formula is C32H30N2O3S. The third kappa shape index (κ3) is 4.28. The number of rotatable bonds is 5. The summed E-state index contributed by atoms with van der Waals surface area (Å²) in [4.78, 5) is 24.2. The topological polar surface area (TPSA) is 61.3 Å². The third-order valence-electron chi connectivity index (χ3n) is 6.96. The Morgan fingerprint density at radius 2 is 1.97 bits per heavy atom. The summed E-state index contributed by atoms with van der Waals surface area (Å²) in [5.41, 5.74) is 7.12. The van der Waals surface area contributed by atoms with E-state index in [1.807, 2.05) is 46.0 Å². The number of ketones is 1. The fraction of sp³-hybridized carbons (Fsp3) is 0.281. The van der Waals surface area contributed by atoms with Crippen molar-refractivity contribution in [3.8, 4) is 27.4 Å². The zero-order chi connectivity index (χ0) is 26.6. The van der Waals surface area contributed by atoms with E-state index in [4.69, 9.17) is 19.4 Å². The van der Waals surface area contributed by atoms with E-state index in [1.54, 1.807) is 18.3 Å². The second kappa shape index (κ2) is 9.29. The first-order chi connectivity index (χ1) is 18.2. The maximum absolute atomic E-state index is 13.2. The molecule has 4 heterocycles. The third-order valence-corrected chi connectivity index (χ3v) is 7.85. The first kappa shape index (κ1) is 24.7. The van der Waals surface area contributed by atoms with Crippen molar-refractivity contribution in [1.82, 2.24) is 9.97 Å². The number of Topliss-reactive ketones (excluding diaryl/α,β-unsaturated/α-hetero) is 1. The van der Waals surface area contributed by atoms with Gasteiger partial charge in [-0.1, -0.05) is 6.07 Å². The highest BCUT2D eigenvalue weighted by molar-refractivity contribution is 7.13. The van der Waals surface area contributed by atoms with Crippen molar-refractivity contribution in [3.63, 3.8) is 0 Å². The number of carbonyl (C=O) groups excluding carboxylic acids is 1. The van der Waals surface area contributed by atoms with Crippen LogP contribution in [0.15, 0.2) is 60.1 Å². The fourth-order valence-electron chi connectivity index (χ4n) is 5.41. The molecule has 1 aliphatic heterocycles. The number of hydrogen-bond donors (Lipinski definition) is 0. The summed E-state index contributed by atoms with van der Waals surface area (Å²) in [6.07, 6.45) is 1.98. The molecule has 2 aromatic carbocycles. The molecule has 0 spiro atoms. The van der Waals surface area contributed by atoms with E-state index in [9.17, 15) is 4.79 Å². The van der Waals surface area contributed by atoms with Crippen LogP contribution in [0, 0.1) is 6.92 Å². The zero-order valence-electron chi connectivity index (χ0n) is 22.3. The lowest BCUT2D eigenvalue weighted by molar-refractivity contribution is -0.138. The van der Waals surface area contributed by atoms with E-state index in [0.717, 1.165) is 66.8 Å². The van der Waals surface area contributed by atoms with Crippen molar-refractivity contribution in [2.75, 3.05) is 6.61 Å². The summed E-state index contributed by atoms with van der Waals surface area (Å²) >= 11 is 1.67. The van der Waals surface area contributed by atoms with Crippen molar-refractivity contribution < 1.29 is 14.3 Å². The number of ether oxygens (including phenoxy) is 2. The lowest BCUT2D eigenvalue weighted by Crippen LogP contribution is -2.27. The van der Waals surface area contributed by atoms with Crippen LogP contribution in [-0.4, -0.2) is 28.0 Å². The van der Waals surface area contributed by atoms with Gasteiger partial charge in [-0.3, -0.25) is 9.78 Å². The Kier molecular flexibility index (Phi) is 6.04. The minimum Gasteiger partial charge on any atom is -0.493 e. The van der Waals surface area contributed by atoms with Crippen molar-refractivity contribution in [2.24, 2.45) is 0 Å². The molecular weight excluding hydrogens is 492 g/mol. The molecule has 0 saturated carbocycles. The molecule has 0 saturated heterocycles. The van der Waals surface area contributed by atoms with E-state index in [2.05, 4.69) is 41.8 Å². The molecule has 0 unspecified atom stereocenters. The number of aryl methyl sites for hydroxylation is 1. The van der Waals surface area contributed by atoms with Crippen LogP contribution in [-0.2, 0) is 16.0 Å².